The Labute approximate surface area is 117 Å². The molecule has 1 saturated heterocycles. The molecule has 1 aromatic heterocycles. The molecule has 0 aromatic carbocycles. The van der Waals surface area contributed by atoms with Crippen LogP contribution in [-0.2, 0) is 0 Å². The summed E-state index contributed by atoms with van der Waals surface area (Å²) in [6, 6.07) is 4.08. The first-order valence-corrected chi connectivity index (χ1v) is 7.90. The molecule has 1 aromatic rings. The molecule has 0 aliphatic carbocycles. The van der Waals surface area contributed by atoms with Crippen molar-refractivity contribution in [2.24, 2.45) is 0 Å². The van der Waals surface area contributed by atoms with Crippen LogP contribution in [0.1, 0.15) is 21.7 Å². The molecule has 17 heavy (non-hydrogen) atoms. The summed E-state index contributed by atoms with van der Waals surface area (Å²) in [7, 11) is 0. The van der Waals surface area contributed by atoms with Gasteiger partial charge in [0.1, 0.15) is 5.54 Å². The lowest BCUT2D eigenvalue weighted by atomic mass is 10.0. The van der Waals surface area contributed by atoms with E-state index in [0.717, 1.165) is 21.5 Å². The van der Waals surface area contributed by atoms with E-state index >= 15 is 0 Å². The monoisotopic (exact) mass is 330 g/mol. The average Bonchev–Trinajstić information content (AvgIpc) is 2.88. The van der Waals surface area contributed by atoms with Gasteiger partial charge in [0.05, 0.1) is 14.7 Å². The number of hydrogen-bond acceptors (Lipinski definition) is 4. The fourth-order valence-corrected chi connectivity index (χ4v) is 4.33. The SMILES string of the molecule is Cc1cc(C(=O)NC2(C#N)CCSC2)sc1Br. The average molecular weight is 331 g/mol. The maximum absolute atomic E-state index is 12.0. The van der Waals surface area contributed by atoms with Crippen LogP contribution >= 0.6 is 39.0 Å². The van der Waals surface area contributed by atoms with Crippen LogP contribution < -0.4 is 5.32 Å². The Morgan fingerprint density at radius 1 is 1.71 bits per heavy atom. The Hall–Kier alpha value is -0.510. The number of nitrogens with one attached hydrogen (secondary N) is 1. The van der Waals surface area contributed by atoms with Gasteiger partial charge < -0.3 is 5.32 Å². The summed E-state index contributed by atoms with van der Waals surface area (Å²) in [5, 5.41) is 12.1. The maximum atomic E-state index is 12.0. The lowest BCUT2D eigenvalue weighted by Gasteiger charge is -2.20. The fourth-order valence-electron chi connectivity index (χ4n) is 1.63. The molecule has 2 heterocycles. The van der Waals surface area contributed by atoms with Crippen molar-refractivity contribution in [2.45, 2.75) is 18.9 Å². The summed E-state index contributed by atoms with van der Waals surface area (Å²) in [5.74, 6) is 1.47. The molecule has 3 nitrogen and oxygen atoms in total. The highest BCUT2D eigenvalue weighted by atomic mass is 79.9. The first kappa shape index (κ1) is 12.9. The van der Waals surface area contributed by atoms with Crippen LogP contribution in [-0.4, -0.2) is 23.0 Å². The predicted molar refractivity (Wildman–Crippen MR) is 74.5 cm³/mol. The standard InChI is InChI=1S/C11H11BrN2OS2/c1-7-4-8(17-9(7)12)10(15)14-11(5-13)2-3-16-6-11/h4H,2-3,6H2,1H3,(H,14,15). The summed E-state index contributed by atoms with van der Waals surface area (Å²) in [4.78, 5) is 12.7. The first-order valence-electron chi connectivity index (χ1n) is 5.14. The number of thiophene rings is 1. The number of aryl methyl sites for hydroxylation is 1. The zero-order chi connectivity index (χ0) is 12.5. The van der Waals surface area contributed by atoms with E-state index in [1.54, 1.807) is 11.8 Å². The number of nitriles is 1. The van der Waals surface area contributed by atoms with Gasteiger partial charge in [0.25, 0.3) is 5.91 Å². The van der Waals surface area contributed by atoms with Gasteiger partial charge in [0.15, 0.2) is 0 Å². The molecule has 1 N–H and O–H groups in total. The lowest BCUT2D eigenvalue weighted by molar-refractivity contribution is 0.0930. The zero-order valence-electron chi connectivity index (χ0n) is 9.25. The number of hydrogen-bond donors (Lipinski definition) is 1. The minimum Gasteiger partial charge on any atom is -0.332 e. The second-order valence-electron chi connectivity index (χ2n) is 4.02. The van der Waals surface area contributed by atoms with E-state index in [1.807, 2.05) is 13.0 Å². The van der Waals surface area contributed by atoms with Crippen molar-refractivity contribution in [3.8, 4) is 6.07 Å². The van der Waals surface area contributed by atoms with Crippen molar-refractivity contribution < 1.29 is 4.79 Å². The summed E-state index contributed by atoms with van der Waals surface area (Å²) in [5.41, 5.74) is 0.374. The van der Waals surface area contributed by atoms with Crippen LogP contribution in [0.25, 0.3) is 0 Å². The van der Waals surface area contributed by atoms with Crippen molar-refractivity contribution in [1.82, 2.24) is 5.32 Å². The quantitative estimate of drug-likeness (QED) is 0.906. The van der Waals surface area contributed by atoms with Crippen molar-refractivity contribution in [3.63, 3.8) is 0 Å². The van der Waals surface area contributed by atoms with E-state index in [9.17, 15) is 10.1 Å². The summed E-state index contributed by atoms with van der Waals surface area (Å²) in [6.07, 6.45) is 0.728. The fraction of sp³-hybridized carbons (Fsp3) is 0.455. The molecule has 0 saturated carbocycles. The van der Waals surface area contributed by atoms with Gasteiger partial charge >= 0.3 is 0 Å². The summed E-state index contributed by atoms with van der Waals surface area (Å²) < 4.78 is 0.967. The molecule has 1 atom stereocenters. The third-order valence-corrected chi connectivity index (χ3v) is 5.99. The maximum Gasteiger partial charge on any atom is 0.262 e. The number of carbonyl (C=O) groups is 1. The molecular formula is C11H11BrN2OS2. The van der Waals surface area contributed by atoms with Gasteiger partial charge in [0, 0.05) is 5.75 Å². The minimum absolute atomic E-state index is 0.146. The van der Waals surface area contributed by atoms with E-state index in [2.05, 4.69) is 27.3 Å². The Morgan fingerprint density at radius 3 is 2.94 bits per heavy atom. The summed E-state index contributed by atoms with van der Waals surface area (Å²) >= 11 is 6.51. The number of amides is 1. The molecule has 1 aliphatic heterocycles. The normalized spacial score (nSPS) is 23.4. The number of rotatable bonds is 2. The minimum atomic E-state index is -0.674. The molecule has 0 spiro atoms. The van der Waals surface area contributed by atoms with E-state index in [1.165, 1.54) is 11.3 Å². The first-order chi connectivity index (χ1) is 8.06. The molecule has 90 valence electrons. The van der Waals surface area contributed by atoms with Crippen molar-refractivity contribution in [2.75, 3.05) is 11.5 Å². The van der Waals surface area contributed by atoms with Crippen LogP contribution in [0.5, 0.6) is 0 Å². The number of carbonyl (C=O) groups excluding carboxylic acids is 1. The van der Waals surface area contributed by atoms with E-state index in [0.29, 0.717) is 10.6 Å². The number of halogens is 1. The Bertz CT molecular complexity index is 467. The van der Waals surface area contributed by atoms with E-state index < -0.39 is 5.54 Å². The van der Waals surface area contributed by atoms with Crippen LogP contribution in [0, 0.1) is 18.3 Å². The van der Waals surface area contributed by atoms with Crippen molar-refractivity contribution >= 4 is 44.9 Å². The van der Waals surface area contributed by atoms with Gasteiger partial charge in [-0.15, -0.1) is 11.3 Å². The molecule has 2 rings (SSSR count). The number of thioether (sulfide) groups is 1. The van der Waals surface area contributed by atoms with Gasteiger partial charge in [-0.1, -0.05) is 0 Å². The largest absolute Gasteiger partial charge is 0.332 e. The third kappa shape index (κ3) is 2.67. The van der Waals surface area contributed by atoms with Gasteiger partial charge in [0.2, 0.25) is 0 Å². The Kier molecular flexibility index (Phi) is 3.81. The Balaban J connectivity index is 2.14. The predicted octanol–water partition coefficient (Wildman–Crippen LogP) is 2.95. The highest BCUT2D eigenvalue weighted by Gasteiger charge is 2.36. The van der Waals surface area contributed by atoms with Gasteiger partial charge in [-0.05, 0) is 46.7 Å². The van der Waals surface area contributed by atoms with Crippen LogP contribution in [0.15, 0.2) is 9.85 Å². The van der Waals surface area contributed by atoms with Crippen molar-refractivity contribution in [3.05, 3.63) is 20.3 Å². The molecular weight excluding hydrogens is 320 g/mol. The molecule has 1 aliphatic rings. The molecule has 1 unspecified atom stereocenters. The summed E-state index contributed by atoms with van der Waals surface area (Å²) in [6.45, 7) is 1.95. The van der Waals surface area contributed by atoms with Crippen LogP contribution in [0.3, 0.4) is 0 Å². The lowest BCUT2D eigenvalue weighted by Crippen LogP contribution is -2.47. The number of nitrogens with zero attached hydrogens (tertiary/aromatic N) is 1. The van der Waals surface area contributed by atoms with Gasteiger partial charge in [-0.2, -0.15) is 17.0 Å². The van der Waals surface area contributed by atoms with E-state index in [-0.39, 0.29) is 5.91 Å². The second kappa shape index (κ2) is 5.01. The highest BCUT2D eigenvalue weighted by Crippen LogP contribution is 2.30. The topological polar surface area (TPSA) is 52.9 Å². The molecule has 6 heteroatoms. The Morgan fingerprint density at radius 2 is 2.47 bits per heavy atom. The smallest absolute Gasteiger partial charge is 0.262 e. The van der Waals surface area contributed by atoms with E-state index in [4.69, 9.17) is 0 Å². The van der Waals surface area contributed by atoms with Gasteiger partial charge in [-0.3, -0.25) is 4.79 Å². The molecule has 0 bridgehead atoms. The van der Waals surface area contributed by atoms with Crippen LogP contribution in [0.2, 0.25) is 0 Å². The van der Waals surface area contributed by atoms with Gasteiger partial charge in [-0.25, -0.2) is 0 Å². The van der Waals surface area contributed by atoms with Crippen LogP contribution in [0.4, 0.5) is 0 Å². The highest BCUT2D eigenvalue weighted by molar-refractivity contribution is 9.11. The van der Waals surface area contributed by atoms with Crippen molar-refractivity contribution in [1.29, 1.82) is 5.26 Å². The molecule has 1 fully saturated rings. The molecule has 1 amide bonds. The zero-order valence-corrected chi connectivity index (χ0v) is 12.5. The third-order valence-electron chi connectivity index (χ3n) is 2.67. The second-order valence-corrected chi connectivity index (χ2v) is 7.49. The molecule has 0 radical (unpaired) electrons.